The number of fused-ring (bicyclic) bond motifs is 1. The zero-order valence-corrected chi connectivity index (χ0v) is 11.7. The number of H-pyrrole nitrogens is 1. The lowest BCUT2D eigenvalue weighted by molar-refractivity contribution is 1.04. The lowest BCUT2D eigenvalue weighted by Gasteiger charge is -2.10. The highest BCUT2D eigenvalue weighted by Gasteiger charge is 2.09. The normalized spacial score (nSPS) is 10.9. The third-order valence-corrected chi connectivity index (χ3v) is 3.88. The Morgan fingerprint density at radius 2 is 1.65 bits per heavy atom. The topological polar surface area (TPSA) is 32.9 Å². The van der Waals surface area contributed by atoms with Crippen LogP contribution < -0.4 is 5.43 Å². The van der Waals surface area contributed by atoms with E-state index in [0.717, 1.165) is 28.6 Å². The van der Waals surface area contributed by atoms with Crippen molar-refractivity contribution in [2.24, 2.45) is 0 Å². The van der Waals surface area contributed by atoms with Gasteiger partial charge in [0.05, 0.1) is 0 Å². The molecule has 0 saturated heterocycles. The van der Waals surface area contributed by atoms with Gasteiger partial charge in [0.1, 0.15) is 0 Å². The summed E-state index contributed by atoms with van der Waals surface area (Å²) < 4.78 is 0. The summed E-state index contributed by atoms with van der Waals surface area (Å²) in [6.07, 6.45) is 0.762. The molecular weight excluding hydrogens is 246 g/mol. The number of rotatable bonds is 2. The molecule has 0 radical (unpaired) electrons. The Bertz CT molecular complexity index is 830. The van der Waals surface area contributed by atoms with Crippen molar-refractivity contribution in [1.82, 2.24) is 4.98 Å². The van der Waals surface area contributed by atoms with Gasteiger partial charge in [0, 0.05) is 28.6 Å². The molecule has 0 bridgehead atoms. The number of hydrogen-bond acceptors (Lipinski definition) is 1. The van der Waals surface area contributed by atoms with Crippen LogP contribution >= 0.6 is 0 Å². The van der Waals surface area contributed by atoms with E-state index < -0.39 is 0 Å². The fourth-order valence-corrected chi connectivity index (χ4v) is 2.56. The highest BCUT2D eigenvalue weighted by atomic mass is 16.1. The van der Waals surface area contributed by atoms with Gasteiger partial charge >= 0.3 is 0 Å². The number of aromatic nitrogens is 1. The Morgan fingerprint density at radius 1 is 0.950 bits per heavy atom. The van der Waals surface area contributed by atoms with Crippen LogP contribution in [0.5, 0.6) is 0 Å². The molecule has 0 spiro atoms. The van der Waals surface area contributed by atoms with Gasteiger partial charge < -0.3 is 4.98 Å². The van der Waals surface area contributed by atoms with E-state index in [1.165, 1.54) is 11.1 Å². The second-order valence-electron chi connectivity index (χ2n) is 5.21. The van der Waals surface area contributed by atoms with Crippen molar-refractivity contribution in [2.45, 2.75) is 20.3 Å². The molecule has 2 aromatic carbocycles. The van der Waals surface area contributed by atoms with Crippen molar-refractivity contribution in [3.8, 4) is 0 Å². The Kier molecular flexibility index (Phi) is 3.15. The van der Waals surface area contributed by atoms with Crippen LogP contribution in [0, 0.1) is 13.8 Å². The number of benzene rings is 2. The molecule has 0 unspecified atom stereocenters. The zero-order valence-electron chi connectivity index (χ0n) is 11.7. The summed E-state index contributed by atoms with van der Waals surface area (Å²) in [6, 6.07) is 16.0. The first-order valence-corrected chi connectivity index (χ1v) is 6.82. The average molecular weight is 263 g/mol. The van der Waals surface area contributed by atoms with Crippen molar-refractivity contribution in [1.29, 1.82) is 0 Å². The lowest BCUT2D eigenvalue weighted by atomic mass is 10.00. The number of aromatic amines is 1. The standard InChI is InChI=1S/C18H17NO/c1-12-7-3-4-8-14(12)11-17-13(2)18(20)15-9-5-6-10-16(15)19-17/h3-10H,11H2,1-2H3,(H,19,20). The maximum atomic E-state index is 12.4. The molecule has 0 amide bonds. The molecule has 3 aromatic rings. The first-order chi connectivity index (χ1) is 9.66. The summed E-state index contributed by atoms with van der Waals surface area (Å²) >= 11 is 0. The zero-order chi connectivity index (χ0) is 14.1. The minimum absolute atomic E-state index is 0.128. The first kappa shape index (κ1) is 12.7. The summed E-state index contributed by atoms with van der Waals surface area (Å²) in [4.78, 5) is 15.8. The molecule has 20 heavy (non-hydrogen) atoms. The van der Waals surface area contributed by atoms with Gasteiger partial charge in [0.2, 0.25) is 0 Å². The summed E-state index contributed by atoms with van der Waals surface area (Å²) in [5.74, 6) is 0. The fraction of sp³-hybridized carbons (Fsp3) is 0.167. The van der Waals surface area contributed by atoms with E-state index in [1.54, 1.807) is 0 Å². The second-order valence-corrected chi connectivity index (χ2v) is 5.21. The van der Waals surface area contributed by atoms with E-state index in [4.69, 9.17) is 0 Å². The molecule has 0 aliphatic rings. The third kappa shape index (κ3) is 2.14. The molecule has 100 valence electrons. The molecule has 2 nitrogen and oxygen atoms in total. The van der Waals surface area contributed by atoms with Crippen molar-refractivity contribution < 1.29 is 0 Å². The summed E-state index contributed by atoms with van der Waals surface area (Å²) in [5, 5.41) is 0.763. The Morgan fingerprint density at radius 3 is 2.45 bits per heavy atom. The molecule has 0 saturated carbocycles. The van der Waals surface area contributed by atoms with Gasteiger partial charge in [-0.3, -0.25) is 4.79 Å². The predicted octanol–water partition coefficient (Wildman–Crippen LogP) is 3.74. The predicted molar refractivity (Wildman–Crippen MR) is 83.3 cm³/mol. The molecule has 0 aliphatic carbocycles. The van der Waals surface area contributed by atoms with Crippen molar-refractivity contribution in [3.05, 3.63) is 81.1 Å². The number of aryl methyl sites for hydroxylation is 1. The van der Waals surface area contributed by atoms with E-state index in [1.807, 2.05) is 43.3 Å². The van der Waals surface area contributed by atoms with Gasteiger partial charge in [-0.15, -0.1) is 0 Å². The molecule has 1 heterocycles. The number of nitrogens with one attached hydrogen (secondary N) is 1. The van der Waals surface area contributed by atoms with Gasteiger partial charge in [-0.05, 0) is 37.1 Å². The minimum atomic E-state index is 0.128. The van der Waals surface area contributed by atoms with Crippen molar-refractivity contribution in [2.75, 3.05) is 0 Å². The SMILES string of the molecule is Cc1ccccc1Cc1[nH]c2ccccc2c(=O)c1C. The Hall–Kier alpha value is -2.35. The third-order valence-electron chi connectivity index (χ3n) is 3.88. The quantitative estimate of drug-likeness (QED) is 0.750. The molecule has 1 aromatic heterocycles. The number of pyridine rings is 1. The van der Waals surface area contributed by atoms with Crippen LogP contribution in [-0.4, -0.2) is 4.98 Å². The van der Waals surface area contributed by atoms with Crippen LogP contribution in [0.25, 0.3) is 10.9 Å². The minimum Gasteiger partial charge on any atom is -0.358 e. The molecule has 2 heteroatoms. The van der Waals surface area contributed by atoms with Crippen molar-refractivity contribution in [3.63, 3.8) is 0 Å². The van der Waals surface area contributed by atoms with E-state index in [-0.39, 0.29) is 5.43 Å². The average Bonchev–Trinajstić information content (AvgIpc) is 2.47. The fourth-order valence-electron chi connectivity index (χ4n) is 2.56. The summed E-state index contributed by atoms with van der Waals surface area (Å²) in [6.45, 7) is 4.00. The first-order valence-electron chi connectivity index (χ1n) is 6.82. The molecular formula is C18H17NO. The van der Waals surface area contributed by atoms with E-state index in [0.29, 0.717) is 0 Å². The van der Waals surface area contributed by atoms with E-state index in [9.17, 15) is 4.79 Å². The molecule has 3 rings (SSSR count). The lowest BCUT2D eigenvalue weighted by Crippen LogP contribution is -2.12. The number of para-hydroxylation sites is 1. The molecule has 0 fully saturated rings. The van der Waals surface area contributed by atoms with Crippen LogP contribution in [0.3, 0.4) is 0 Å². The van der Waals surface area contributed by atoms with Gasteiger partial charge in [0.25, 0.3) is 0 Å². The van der Waals surface area contributed by atoms with Crippen LogP contribution in [0.2, 0.25) is 0 Å². The van der Waals surface area contributed by atoms with Gasteiger partial charge in [-0.2, -0.15) is 0 Å². The number of hydrogen-bond donors (Lipinski definition) is 1. The highest BCUT2D eigenvalue weighted by Crippen LogP contribution is 2.16. The van der Waals surface area contributed by atoms with Crippen LogP contribution in [0.4, 0.5) is 0 Å². The Labute approximate surface area is 118 Å². The monoisotopic (exact) mass is 263 g/mol. The molecule has 0 aliphatic heterocycles. The maximum absolute atomic E-state index is 12.4. The van der Waals surface area contributed by atoms with E-state index in [2.05, 4.69) is 24.0 Å². The van der Waals surface area contributed by atoms with Gasteiger partial charge in [-0.1, -0.05) is 36.4 Å². The second kappa shape index (κ2) is 4.97. The summed E-state index contributed by atoms with van der Waals surface area (Å²) in [5.41, 5.74) is 5.35. The van der Waals surface area contributed by atoms with Gasteiger partial charge in [-0.25, -0.2) is 0 Å². The molecule has 1 N–H and O–H groups in total. The molecule has 0 atom stereocenters. The Balaban J connectivity index is 2.15. The highest BCUT2D eigenvalue weighted by molar-refractivity contribution is 5.79. The van der Waals surface area contributed by atoms with Gasteiger partial charge in [0.15, 0.2) is 5.43 Å². The maximum Gasteiger partial charge on any atom is 0.192 e. The largest absolute Gasteiger partial charge is 0.358 e. The van der Waals surface area contributed by atoms with Crippen LogP contribution in [0.15, 0.2) is 53.3 Å². The van der Waals surface area contributed by atoms with Crippen LogP contribution in [-0.2, 0) is 6.42 Å². The van der Waals surface area contributed by atoms with Crippen LogP contribution in [0.1, 0.15) is 22.4 Å². The van der Waals surface area contributed by atoms with Crippen molar-refractivity contribution >= 4 is 10.9 Å². The summed E-state index contributed by atoms with van der Waals surface area (Å²) in [7, 11) is 0. The smallest absolute Gasteiger partial charge is 0.192 e. The van der Waals surface area contributed by atoms with E-state index >= 15 is 0 Å².